The van der Waals surface area contributed by atoms with E-state index < -0.39 is 34.2 Å². The summed E-state index contributed by atoms with van der Waals surface area (Å²) in [5.74, 6) is -2.67. The van der Waals surface area contributed by atoms with Crippen LogP contribution in [0.4, 0.5) is 0 Å². The van der Waals surface area contributed by atoms with E-state index in [1.54, 1.807) is 20.8 Å². The van der Waals surface area contributed by atoms with Crippen LogP contribution in [0.1, 0.15) is 159 Å². The molecule has 0 aliphatic rings. The molecule has 0 aliphatic heterocycles. The van der Waals surface area contributed by atoms with Crippen LogP contribution < -0.4 is 15.3 Å². The topological polar surface area (TPSA) is 120 Å². The molecule has 0 spiro atoms. The SMILES string of the molecule is CCCCC(C)(CCC)C(=O)[O-].CCCCC(C)(CCC)C(=O)[O-].CCCCC(C)(CCC)C(=O)[O-].[Y+3]. The van der Waals surface area contributed by atoms with E-state index in [1.165, 1.54) is 0 Å². The zero-order valence-electron chi connectivity index (χ0n) is 25.6. The predicted octanol–water partition coefficient (Wildman–Crippen LogP) is 5.20. The van der Waals surface area contributed by atoms with E-state index in [4.69, 9.17) is 0 Å². The van der Waals surface area contributed by atoms with E-state index in [0.29, 0.717) is 0 Å². The fraction of sp³-hybridized carbons (Fsp3) is 0.900. The van der Waals surface area contributed by atoms with Crippen molar-refractivity contribution in [1.82, 2.24) is 0 Å². The van der Waals surface area contributed by atoms with E-state index >= 15 is 0 Å². The third kappa shape index (κ3) is 20.1. The van der Waals surface area contributed by atoms with Crippen LogP contribution in [0.5, 0.6) is 0 Å². The molecule has 0 aromatic heterocycles. The first kappa shape index (κ1) is 43.6. The minimum absolute atomic E-state index is 0. The van der Waals surface area contributed by atoms with E-state index in [2.05, 4.69) is 20.8 Å². The Bertz CT molecular complexity index is 516. The van der Waals surface area contributed by atoms with Gasteiger partial charge < -0.3 is 29.7 Å². The number of carbonyl (C=O) groups is 3. The molecule has 0 aliphatic carbocycles. The van der Waals surface area contributed by atoms with Gasteiger partial charge in [0, 0.05) is 34.2 Å². The molecule has 0 N–H and O–H groups in total. The molecule has 6 nitrogen and oxygen atoms in total. The second-order valence-corrected chi connectivity index (χ2v) is 11.1. The summed E-state index contributed by atoms with van der Waals surface area (Å²) in [4.78, 5) is 32.4. The van der Waals surface area contributed by atoms with Crippen LogP contribution in [-0.4, -0.2) is 17.9 Å². The summed E-state index contributed by atoms with van der Waals surface area (Å²) in [7, 11) is 0. The molecular formula is C30H57O6Y. The average molecular weight is 603 g/mol. The summed E-state index contributed by atoms with van der Waals surface area (Å²) in [6.45, 7) is 17.6. The smallest absolute Gasteiger partial charge is 0.550 e. The van der Waals surface area contributed by atoms with E-state index in [9.17, 15) is 29.7 Å². The van der Waals surface area contributed by atoms with Gasteiger partial charge in [-0.2, -0.15) is 0 Å². The van der Waals surface area contributed by atoms with Gasteiger partial charge in [-0.3, -0.25) is 0 Å². The number of carboxylic acid groups (broad SMARTS) is 3. The quantitative estimate of drug-likeness (QED) is 0.213. The molecule has 216 valence electrons. The Hall–Kier alpha value is -0.486. The van der Waals surface area contributed by atoms with Crippen molar-refractivity contribution in [3.05, 3.63) is 0 Å². The van der Waals surface area contributed by atoms with Crippen molar-refractivity contribution in [2.75, 3.05) is 0 Å². The largest absolute Gasteiger partial charge is 3.00 e. The molecule has 0 heterocycles. The van der Waals surface area contributed by atoms with Gasteiger partial charge in [0.2, 0.25) is 0 Å². The molecule has 37 heavy (non-hydrogen) atoms. The first-order valence-electron chi connectivity index (χ1n) is 14.3. The Balaban J connectivity index is -0.000000218. The Morgan fingerprint density at radius 3 is 0.730 bits per heavy atom. The maximum Gasteiger partial charge on any atom is 3.00 e. The zero-order valence-corrected chi connectivity index (χ0v) is 28.5. The van der Waals surface area contributed by atoms with E-state index in [0.717, 1.165) is 96.3 Å². The van der Waals surface area contributed by atoms with Crippen molar-refractivity contribution in [3.63, 3.8) is 0 Å². The fourth-order valence-electron chi connectivity index (χ4n) is 4.34. The van der Waals surface area contributed by atoms with Gasteiger partial charge in [0.05, 0.1) is 0 Å². The van der Waals surface area contributed by atoms with Crippen molar-refractivity contribution in [2.24, 2.45) is 16.2 Å². The third-order valence-electron chi connectivity index (χ3n) is 7.13. The van der Waals surface area contributed by atoms with Crippen LogP contribution in [0, 0.1) is 16.2 Å². The van der Waals surface area contributed by atoms with Gasteiger partial charge >= 0.3 is 32.7 Å². The van der Waals surface area contributed by atoms with Crippen LogP contribution >= 0.6 is 0 Å². The summed E-state index contributed by atoms with van der Waals surface area (Å²) in [6, 6.07) is 0. The molecule has 7 heteroatoms. The van der Waals surface area contributed by atoms with Gasteiger partial charge in [0.25, 0.3) is 0 Å². The second kappa shape index (κ2) is 24.5. The predicted molar refractivity (Wildman–Crippen MR) is 143 cm³/mol. The molecule has 0 saturated heterocycles. The Morgan fingerprint density at radius 1 is 0.432 bits per heavy atom. The van der Waals surface area contributed by atoms with Gasteiger partial charge in [-0.05, 0) is 38.5 Å². The van der Waals surface area contributed by atoms with Crippen LogP contribution in [-0.2, 0) is 47.1 Å². The van der Waals surface area contributed by atoms with Crippen LogP contribution in [0.25, 0.3) is 0 Å². The van der Waals surface area contributed by atoms with Gasteiger partial charge in [-0.25, -0.2) is 0 Å². The Morgan fingerprint density at radius 2 is 0.622 bits per heavy atom. The number of hydrogen-bond acceptors (Lipinski definition) is 6. The molecule has 0 saturated carbocycles. The number of carbonyl (C=O) groups excluding carboxylic acids is 3. The molecule has 3 atom stereocenters. The van der Waals surface area contributed by atoms with Crippen LogP contribution in [0.3, 0.4) is 0 Å². The van der Waals surface area contributed by atoms with Crippen molar-refractivity contribution in [1.29, 1.82) is 0 Å². The Labute approximate surface area is 254 Å². The summed E-state index contributed by atoms with van der Waals surface area (Å²) in [6.07, 6.45) is 13.3. The van der Waals surface area contributed by atoms with Crippen LogP contribution in [0.2, 0.25) is 0 Å². The van der Waals surface area contributed by atoms with Crippen molar-refractivity contribution in [3.8, 4) is 0 Å². The number of rotatable bonds is 18. The third-order valence-corrected chi connectivity index (χ3v) is 7.13. The first-order valence-corrected chi connectivity index (χ1v) is 14.3. The van der Waals surface area contributed by atoms with Gasteiger partial charge in [0.1, 0.15) is 0 Å². The van der Waals surface area contributed by atoms with Gasteiger partial charge in [-0.15, -0.1) is 0 Å². The number of unbranched alkanes of at least 4 members (excludes halogenated alkanes) is 3. The molecule has 0 amide bonds. The normalized spacial score (nSPS) is 15.2. The minimum Gasteiger partial charge on any atom is -0.550 e. The van der Waals surface area contributed by atoms with Crippen LogP contribution in [0.15, 0.2) is 0 Å². The number of hydrogen-bond donors (Lipinski definition) is 0. The van der Waals surface area contributed by atoms with Crippen molar-refractivity contribution < 1.29 is 62.4 Å². The summed E-state index contributed by atoms with van der Waals surface area (Å²) in [5.41, 5.74) is -1.78. The fourth-order valence-corrected chi connectivity index (χ4v) is 4.34. The van der Waals surface area contributed by atoms with Gasteiger partial charge in [-0.1, -0.05) is 120 Å². The monoisotopic (exact) mass is 602 g/mol. The molecule has 3 unspecified atom stereocenters. The second-order valence-electron chi connectivity index (χ2n) is 11.1. The average Bonchev–Trinajstić information content (AvgIpc) is 2.81. The standard InChI is InChI=1S/3C10H20O2.Y/c3*1-4-6-8-10(3,7-5-2)9(11)12;/h3*4-8H2,1-3H3,(H,11,12);/q;;;+3/p-3. The number of aliphatic carboxylic acids is 3. The summed E-state index contributed by atoms with van der Waals surface area (Å²) >= 11 is 0. The zero-order chi connectivity index (χ0) is 28.8. The maximum absolute atomic E-state index is 10.8. The van der Waals surface area contributed by atoms with E-state index in [1.807, 2.05) is 20.8 Å². The summed E-state index contributed by atoms with van der Waals surface area (Å²) in [5, 5.41) is 32.4. The van der Waals surface area contributed by atoms with Crippen molar-refractivity contribution >= 4 is 17.9 Å². The maximum atomic E-state index is 10.8. The van der Waals surface area contributed by atoms with Crippen molar-refractivity contribution in [2.45, 2.75) is 159 Å². The molecule has 0 bridgehead atoms. The summed E-state index contributed by atoms with van der Waals surface area (Å²) < 4.78 is 0. The minimum atomic E-state index is -0.891. The molecule has 0 aromatic rings. The molecule has 0 rings (SSSR count). The van der Waals surface area contributed by atoms with Gasteiger partial charge in [0.15, 0.2) is 0 Å². The first-order chi connectivity index (χ1) is 16.7. The molecule has 0 aromatic carbocycles. The number of carboxylic acids is 3. The molecule has 0 fully saturated rings. The molecular weight excluding hydrogens is 545 g/mol. The Kier molecular flexibility index (Phi) is 28.9. The molecule has 0 radical (unpaired) electrons. The van der Waals surface area contributed by atoms with E-state index in [-0.39, 0.29) is 32.7 Å².